The smallest absolute Gasteiger partial charge is 0.262 e. The van der Waals surface area contributed by atoms with Gasteiger partial charge in [0, 0.05) is 11.4 Å². The Morgan fingerprint density at radius 1 is 0.963 bits per heavy atom. The monoisotopic (exact) mass is 366 g/mol. The minimum absolute atomic E-state index is 0.175. The van der Waals surface area contributed by atoms with Gasteiger partial charge in [-0.2, -0.15) is 0 Å². The zero-order chi connectivity index (χ0) is 19.1. The molecule has 7 heteroatoms. The SMILES string of the molecule is COc1ccccc1OCC(=O)Nc1cccc(NC(=O)c2ccoc2)c1. The van der Waals surface area contributed by atoms with Crippen molar-refractivity contribution in [2.45, 2.75) is 0 Å². The molecule has 0 saturated carbocycles. The molecule has 7 nitrogen and oxygen atoms in total. The Balaban J connectivity index is 1.57. The summed E-state index contributed by atoms with van der Waals surface area (Å²) in [5, 5.41) is 5.46. The number of nitrogens with one attached hydrogen (secondary N) is 2. The van der Waals surface area contributed by atoms with Gasteiger partial charge in [0.2, 0.25) is 0 Å². The average molecular weight is 366 g/mol. The van der Waals surface area contributed by atoms with Gasteiger partial charge in [0.1, 0.15) is 6.26 Å². The van der Waals surface area contributed by atoms with Crippen LogP contribution in [0.3, 0.4) is 0 Å². The molecular weight excluding hydrogens is 348 g/mol. The van der Waals surface area contributed by atoms with Gasteiger partial charge in [-0.05, 0) is 36.4 Å². The van der Waals surface area contributed by atoms with Crippen LogP contribution in [-0.4, -0.2) is 25.5 Å². The number of carbonyl (C=O) groups excluding carboxylic acids is 2. The van der Waals surface area contributed by atoms with Crippen LogP contribution in [0.25, 0.3) is 0 Å². The molecule has 0 aliphatic rings. The van der Waals surface area contributed by atoms with E-state index in [1.807, 2.05) is 6.07 Å². The molecule has 3 rings (SSSR count). The van der Waals surface area contributed by atoms with Gasteiger partial charge in [-0.25, -0.2) is 0 Å². The molecule has 0 aliphatic carbocycles. The molecule has 0 unspecified atom stereocenters. The van der Waals surface area contributed by atoms with E-state index in [2.05, 4.69) is 10.6 Å². The van der Waals surface area contributed by atoms with Gasteiger partial charge in [-0.3, -0.25) is 9.59 Å². The number of methoxy groups -OCH3 is 1. The maximum atomic E-state index is 12.1. The molecule has 1 heterocycles. The van der Waals surface area contributed by atoms with Crippen LogP contribution in [0.15, 0.2) is 71.5 Å². The standard InChI is InChI=1S/C20H18N2O5/c1-25-17-7-2-3-8-18(17)27-13-19(23)21-15-5-4-6-16(11-15)22-20(24)14-9-10-26-12-14/h2-12H,13H2,1H3,(H,21,23)(H,22,24). The van der Waals surface area contributed by atoms with E-state index in [9.17, 15) is 9.59 Å². The van der Waals surface area contributed by atoms with Crippen molar-refractivity contribution >= 4 is 23.2 Å². The molecule has 1 aromatic heterocycles. The van der Waals surface area contributed by atoms with Crippen molar-refractivity contribution in [1.29, 1.82) is 0 Å². The summed E-state index contributed by atoms with van der Waals surface area (Å²) >= 11 is 0. The second-order valence-corrected chi connectivity index (χ2v) is 5.53. The zero-order valence-electron chi connectivity index (χ0n) is 14.6. The maximum absolute atomic E-state index is 12.1. The van der Waals surface area contributed by atoms with Gasteiger partial charge in [0.15, 0.2) is 18.1 Å². The number of benzene rings is 2. The zero-order valence-corrected chi connectivity index (χ0v) is 14.6. The number of carbonyl (C=O) groups is 2. The molecule has 0 radical (unpaired) electrons. The van der Waals surface area contributed by atoms with Crippen LogP contribution in [0.4, 0.5) is 11.4 Å². The Kier molecular flexibility index (Phi) is 5.73. The number of rotatable bonds is 7. The average Bonchev–Trinajstić information content (AvgIpc) is 3.22. The van der Waals surface area contributed by atoms with Crippen LogP contribution in [0.2, 0.25) is 0 Å². The predicted molar refractivity (Wildman–Crippen MR) is 100 cm³/mol. The molecule has 0 atom stereocenters. The summed E-state index contributed by atoms with van der Waals surface area (Å²) < 4.78 is 15.6. The molecule has 2 aromatic carbocycles. The van der Waals surface area contributed by atoms with E-state index in [1.54, 1.807) is 48.5 Å². The van der Waals surface area contributed by atoms with Crippen molar-refractivity contribution in [3.05, 3.63) is 72.7 Å². The summed E-state index contributed by atoms with van der Waals surface area (Å²) in [5.41, 5.74) is 1.49. The number of anilines is 2. The summed E-state index contributed by atoms with van der Waals surface area (Å²) in [7, 11) is 1.53. The molecule has 3 aromatic rings. The topological polar surface area (TPSA) is 89.8 Å². The highest BCUT2D eigenvalue weighted by Crippen LogP contribution is 2.25. The van der Waals surface area contributed by atoms with Gasteiger partial charge in [-0.1, -0.05) is 18.2 Å². The van der Waals surface area contributed by atoms with Crippen molar-refractivity contribution in [3.8, 4) is 11.5 Å². The number of para-hydroxylation sites is 2. The van der Waals surface area contributed by atoms with Gasteiger partial charge in [-0.15, -0.1) is 0 Å². The molecule has 2 amide bonds. The van der Waals surface area contributed by atoms with Crippen LogP contribution in [0.1, 0.15) is 10.4 Å². The molecule has 138 valence electrons. The Morgan fingerprint density at radius 3 is 2.41 bits per heavy atom. The van der Waals surface area contributed by atoms with Gasteiger partial charge in [0.25, 0.3) is 11.8 Å². The summed E-state index contributed by atoms with van der Waals surface area (Å²) in [6.07, 6.45) is 2.78. The summed E-state index contributed by atoms with van der Waals surface area (Å²) in [5.74, 6) is 0.400. The third-order valence-corrected chi connectivity index (χ3v) is 3.62. The Morgan fingerprint density at radius 2 is 1.70 bits per heavy atom. The van der Waals surface area contributed by atoms with Crippen LogP contribution in [0.5, 0.6) is 11.5 Å². The first kappa shape index (κ1) is 18.1. The van der Waals surface area contributed by atoms with E-state index in [4.69, 9.17) is 13.9 Å². The highest BCUT2D eigenvalue weighted by Gasteiger charge is 2.10. The fourth-order valence-electron chi connectivity index (χ4n) is 2.35. The lowest BCUT2D eigenvalue weighted by Crippen LogP contribution is -2.20. The lowest BCUT2D eigenvalue weighted by molar-refractivity contribution is -0.118. The fourth-order valence-corrected chi connectivity index (χ4v) is 2.35. The van der Waals surface area contributed by atoms with Crippen molar-refractivity contribution in [1.82, 2.24) is 0 Å². The van der Waals surface area contributed by atoms with Crippen molar-refractivity contribution in [3.63, 3.8) is 0 Å². The number of amides is 2. The molecule has 0 saturated heterocycles. The first-order valence-corrected chi connectivity index (χ1v) is 8.15. The highest BCUT2D eigenvalue weighted by atomic mass is 16.5. The summed E-state index contributed by atoms with van der Waals surface area (Å²) in [4.78, 5) is 24.2. The lowest BCUT2D eigenvalue weighted by Gasteiger charge is -2.11. The first-order valence-electron chi connectivity index (χ1n) is 8.15. The van der Waals surface area contributed by atoms with E-state index >= 15 is 0 Å². The van der Waals surface area contributed by atoms with E-state index in [1.165, 1.54) is 19.6 Å². The van der Waals surface area contributed by atoms with Gasteiger partial charge >= 0.3 is 0 Å². The summed E-state index contributed by atoms with van der Waals surface area (Å²) in [6.45, 7) is -0.175. The number of furan rings is 1. The highest BCUT2D eigenvalue weighted by molar-refractivity contribution is 6.04. The van der Waals surface area contributed by atoms with E-state index < -0.39 is 0 Å². The minimum Gasteiger partial charge on any atom is -0.493 e. The van der Waals surface area contributed by atoms with Crippen LogP contribution in [0, 0.1) is 0 Å². The fraction of sp³-hybridized carbons (Fsp3) is 0.100. The summed E-state index contributed by atoms with van der Waals surface area (Å²) in [6, 6.07) is 15.5. The molecule has 0 fully saturated rings. The normalized spacial score (nSPS) is 10.1. The quantitative estimate of drug-likeness (QED) is 0.667. The Hall–Kier alpha value is -3.74. The Bertz CT molecular complexity index is 922. The van der Waals surface area contributed by atoms with E-state index in [-0.39, 0.29) is 18.4 Å². The third kappa shape index (κ3) is 4.88. The van der Waals surface area contributed by atoms with Crippen LogP contribution in [-0.2, 0) is 4.79 Å². The molecular formula is C20H18N2O5. The largest absolute Gasteiger partial charge is 0.493 e. The molecule has 0 aliphatic heterocycles. The third-order valence-electron chi connectivity index (χ3n) is 3.62. The second kappa shape index (κ2) is 8.57. The molecule has 27 heavy (non-hydrogen) atoms. The number of ether oxygens (including phenoxy) is 2. The maximum Gasteiger partial charge on any atom is 0.262 e. The Labute approximate surface area is 155 Å². The number of hydrogen-bond acceptors (Lipinski definition) is 5. The van der Waals surface area contributed by atoms with Crippen molar-refractivity contribution in [2.75, 3.05) is 24.4 Å². The first-order chi connectivity index (χ1) is 13.2. The van der Waals surface area contributed by atoms with Crippen molar-refractivity contribution in [2.24, 2.45) is 0 Å². The van der Waals surface area contributed by atoms with E-state index in [0.717, 1.165) is 0 Å². The van der Waals surface area contributed by atoms with Crippen LogP contribution < -0.4 is 20.1 Å². The molecule has 0 spiro atoms. The second-order valence-electron chi connectivity index (χ2n) is 5.53. The van der Waals surface area contributed by atoms with E-state index in [0.29, 0.717) is 28.4 Å². The van der Waals surface area contributed by atoms with Gasteiger partial charge in [0.05, 0.1) is 18.9 Å². The van der Waals surface area contributed by atoms with Crippen LogP contribution >= 0.6 is 0 Å². The lowest BCUT2D eigenvalue weighted by atomic mass is 10.2. The predicted octanol–water partition coefficient (Wildman–Crippen LogP) is 3.56. The van der Waals surface area contributed by atoms with Gasteiger partial charge < -0.3 is 24.5 Å². The number of hydrogen-bond donors (Lipinski definition) is 2. The van der Waals surface area contributed by atoms with Crippen molar-refractivity contribution < 1.29 is 23.5 Å². The molecule has 0 bridgehead atoms. The minimum atomic E-state index is -0.334. The molecule has 2 N–H and O–H groups in total.